The fraction of sp³-hybridized carbons (Fsp3) is 0.500. The largest absolute Gasteiger partial charge is 0.349 e. The van der Waals surface area contributed by atoms with Crippen LogP contribution in [0.25, 0.3) is 0 Å². The Morgan fingerprint density at radius 2 is 2.50 bits per heavy atom. The van der Waals surface area contributed by atoms with E-state index >= 15 is 0 Å². The smallest absolute Gasteiger partial charge is 0.193 e. The Bertz CT molecular complexity index is 167. The van der Waals surface area contributed by atoms with Crippen molar-refractivity contribution in [1.29, 1.82) is 0 Å². The normalized spacial score (nSPS) is 16.8. The molecule has 2 heterocycles. The summed E-state index contributed by atoms with van der Waals surface area (Å²) in [7, 11) is 0. The second kappa shape index (κ2) is 1.21. The van der Waals surface area contributed by atoms with Gasteiger partial charge >= 0.3 is 0 Å². The molecule has 0 aromatic carbocycles. The molecule has 1 aromatic heterocycles. The Morgan fingerprint density at radius 1 is 1.62 bits per heavy atom. The summed E-state index contributed by atoms with van der Waals surface area (Å²) in [4.78, 5) is 2.07. The van der Waals surface area contributed by atoms with E-state index in [1.54, 1.807) is 6.26 Å². The monoisotopic (exact) mass is 111 g/mol. The maximum atomic E-state index is 4.51. The molecule has 0 bridgehead atoms. The molecule has 1 aliphatic heterocycles. The Kier molecular flexibility index (Phi) is 0.588. The van der Waals surface area contributed by atoms with Crippen molar-refractivity contribution >= 4 is 5.82 Å². The van der Waals surface area contributed by atoms with E-state index < -0.39 is 0 Å². The predicted molar refractivity (Wildman–Crippen MR) is 26.5 cm³/mol. The van der Waals surface area contributed by atoms with Gasteiger partial charge in [-0.2, -0.15) is 0 Å². The molecule has 2 rings (SSSR count). The zero-order chi connectivity index (χ0) is 5.40. The molecule has 0 aliphatic carbocycles. The van der Waals surface area contributed by atoms with E-state index in [9.17, 15) is 0 Å². The molecule has 42 valence electrons. The molecule has 4 heteroatoms. The van der Waals surface area contributed by atoms with Crippen LogP contribution in [-0.2, 0) is 0 Å². The van der Waals surface area contributed by atoms with Gasteiger partial charge in [-0.15, -0.1) is 0 Å². The van der Waals surface area contributed by atoms with Crippen molar-refractivity contribution in [2.24, 2.45) is 0 Å². The second-order valence-electron chi connectivity index (χ2n) is 1.75. The molecule has 0 amide bonds. The van der Waals surface area contributed by atoms with E-state index in [1.165, 1.54) is 0 Å². The standard InChI is InChI=1S/C4H5N3O/c1-2-7(1)4-3-8-6-5-4/h3H,1-2H2. The summed E-state index contributed by atoms with van der Waals surface area (Å²) in [5, 5.41) is 7.00. The van der Waals surface area contributed by atoms with E-state index in [-0.39, 0.29) is 0 Å². The molecule has 8 heavy (non-hydrogen) atoms. The molecule has 4 nitrogen and oxygen atoms in total. The number of hydrogen-bond acceptors (Lipinski definition) is 4. The van der Waals surface area contributed by atoms with Crippen LogP contribution in [0.5, 0.6) is 0 Å². The van der Waals surface area contributed by atoms with Crippen LogP contribution in [0.15, 0.2) is 10.8 Å². The van der Waals surface area contributed by atoms with Crippen LogP contribution in [0, 0.1) is 0 Å². The predicted octanol–water partition coefficient (Wildman–Crippen LogP) is -0.110. The fourth-order valence-corrected chi connectivity index (χ4v) is 0.577. The van der Waals surface area contributed by atoms with Crippen molar-refractivity contribution in [2.75, 3.05) is 18.0 Å². The number of anilines is 1. The molecular formula is C4H5N3O. The van der Waals surface area contributed by atoms with Crippen molar-refractivity contribution in [3.8, 4) is 0 Å². The lowest BCUT2D eigenvalue weighted by Crippen LogP contribution is -1.89. The molecular weight excluding hydrogens is 106 g/mol. The van der Waals surface area contributed by atoms with Gasteiger partial charge in [0.1, 0.15) is 0 Å². The summed E-state index contributed by atoms with van der Waals surface area (Å²) in [5.74, 6) is 0.852. The van der Waals surface area contributed by atoms with E-state index in [4.69, 9.17) is 0 Å². The zero-order valence-corrected chi connectivity index (χ0v) is 4.24. The van der Waals surface area contributed by atoms with Crippen molar-refractivity contribution in [1.82, 2.24) is 10.4 Å². The topological polar surface area (TPSA) is 41.9 Å². The maximum absolute atomic E-state index is 4.51. The molecule has 0 N–H and O–H groups in total. The van der Waals surface area contributed by atoms with Crippen LogP contribution in [0.2, 0.25) is 0 Å². The third-order valence-electron chi connectivity index (χ3n) is 1.12. The summed E-state index contributed by atoms with van der Waals surface area (Å²) in [6.07, 6.45) is 1.55. The molecule has 0 atom stereocenters. The number of nitrogens with zero attached hydrogens (tertiary/aromatic N) is 3. The Labute approximate surface area is 46.1 Å². The second-order valence-corrected chi connectivity index (χ2v) is 1.75. The minimum absolute atomic E-state index is 0.852. The van der Waals surface area contributed by atoms with Crippen molar-refractivity contribution in [3.63, 3.8) is 0 Å². The van der Waals surface area contributed by atoms with Crippen LogP contribution in [-0.4, -0.2) is 23.5 Å². The molecule has 1 fully saturated rings. The minimum Gasteiger partial charge on any atom is -0.349 e. The van der Waals surface area contributed by atoms with Gasteiger partial charge in [0, 0.05) is 18.4 Å². The first-order valence-corrected chi connectivity index (χ1v) is 2.49. The first-order chi connectivity index (χ1) is 3.97. The van der Waals surface area contributed by atoms with Crippen molar-refractivity contribution < 1.29 is 4.52 Å². The lowest BCUT2D eigenvalue weighted by Gasteiger charge is -1.86. The highest BCUT2D eigenvalue weighted by Crippen LogP contribution is 2.15. The molecule has 1 aliphatic rings. The van der Waals surface area contributed by atoms with E-state index in [2.05, 4.69) is 19.8 Å². The van der Waals surface area contributed by atoms with Gasteiger partial charge in [-0.25, -0.2) is 0 Å². The Balaban J connectivity index is 2.28. The van der Waals surface area contributed by atoms with E-state index in [1.807, 2.05) is 0 Å². The third kappa shape index (κ3) is 0.458. The molecule has 0 spiro atoms. The van der Waals surface area contributed by atoms with Crippen molar-refractivity contribution in [3.05, 3.63) is 6.26 Å². The minimum atomic E-state index is 0.852. The Morgan fingerprint density at radius 3 is 3.00 bits per heavy atom. The summed E-state index contributed by atoms with van der Waals surface area (Å²) >= 11 is 0. The van der Waals surface area contributed by atoms with Gasteiger partial charge in [-0.3, -0.25) is 0 Å². The first-order valence-electron chi connectivity index (χ1n) is 2.49. The van der Waals surface area contributed by atoms with E-state index in [0.29, 0.717) is 0 Å². The number of rotatable bonds is 1. The molecule has 1 aromatic rings. The average Bonchev–Trinajstić information content (AvgIpc) is 2.49. The molecule has 0 saturated carbocycles. The van der Waals surface area contributed by atoms with Gasteiger partial charge in [0.2, 0.25) is 0 Å². The van der Waals surface area contributed by atoms with Gasteiger partial charge < -0.3 is 9.42 Å². The summed E-state index contributed by atoms with van der Waals surface area (Å²) in [6, 6.07) is 0. The average molecular weight is 111 g/mol. The van der Waals surface area contributed by atoms with Gasteiger partial charge in [-0.05, 0) is 0 Å². The third-order valence-corrected chi connectivity index (χ3v) is 1.12. The molecule has 0 unspecified atom stereocenters. The van der Waals surface area contributed by atoms with E-state index in [0.717, 1.165) is 18.9 Å². The van der Waals surface area contributed by atoms with Crippen LogP contribution in [0.4, 0.5) is 5.82 Å². The summed E-state index contributed by atoms with van der Waals surface area (Å²) in [6.45, 7) is 2.18. The van der Waals surface area contributed by atoms with Crippen molar-refractivity contribution in [2.45, 2.75) is 0 Å². The molecule has 0 radical (unpaired) electrons. The lowest BCUT2D eigenvalue weighted by atomic mass is 10.8. The van der Waals surface area contributed by atoms with Gasteiger partial charge in [0.15, 0.2) is 12.1 Å². The highest BCUT2D eigenvalue weighted by Gasteiger charge is 2.20. The molecule has 1 saturated heterocycles. The lowest BCUT2D eigenvalue weighted by molar-refractivity contribution is 0.393. The highest BCUT2D eigenvalue weighted by atomic mass is 16.5. The SMILES string of the molecule is c1onnc1N1CC1. The first kappa shape index (κ1) is 3.88. The Hall–Kier alpha value is -1.06. The zero-order valence-electron chi connectivity index (χ0n) is 4.24. The number of hydrogen-bond donors (Lipinski definition) is 0. The van der Waals surface area contributed by atoms with Gasteiger partial charge in [0.05, 0.1) is 0 Å². The summed E-state index contributed by atoms with van der Waals surface area (Å²) in [5.41, 5.74) is 0. The van der Waals surface area contributed by atoms with Gasteiger partial charge in [0.25, 0.3) is 0 Å². The van der Waals surface area contributed by atoms with Crippen LogP contribution in [0.3, 0.4) is 0 Å². The van der Waals surface area contributed by atoms with Crippen LogP contribution < -0.4 is 4.90 Å². The maximum Gasteiger partial charge on any atom is 0.193 e. The quantitative estimate of drug-likeness (QED) is 0.474. The van der Waals surface area contributed by atoms with Crippen LogP contribution >= 0.6 is 0 Å². The van der Waals surface area contributed by atoms with Gasteiger partial charge in [-0.1, -0.05) is 5.10 Å². The fourth-order valence-electron chi connectivity index (χ4n) is 0.577. The van der Waals surface area contributed by atoms with Crippen LogP contribution in [0.1, 0.15) is 0 Å². The highest BCUT2D eigenvalue weighted by molar-refractivity contribution is 5.40. The number of aromatic nitrogens is 2. The summed E-state index contributed by atoms with van der Waals surface area (Å²) < 4.78 is 4.51.